The third-order valence-electron chi connectivity index (χ3n) is 4.22. The highest BCUT2D eigenvalue weighted by molar-refractivity contribution is 6.33. The Kier molecular flexibility index (Phi) is 7.87. The fourth-order valence-corrected chi connectivity index (χ4v) is 3.09. The Morgan fingerprint density at radius 2 is 2.00 bits per heavy atom. The molecule has 156 valence electrons. The summed E-state index contributed by atoms with van der Waals surface area (Å²) in [7, 11) is 1.57. The van der Waals surface area contributed by atoms with Crippen molar-refractivity contribution < 1.29 is 14.3 Å². The Balaban J connectivity index is 0.00000145. The molecular weight excluding hydrogens is 394 g/mol. The van der Waals surface area contributed by atoms with E-state index in [1.54, 1.807) is 19.2 Å². The first kappa shape index (κ1) is 22.5. The number of nitrogens with zero attached hydrogens (tertiary/aromatic N) is 1. The zero-order valence-corrected chi connectivity index (χ0v) is 17.8. The number of pyridine rings is 1. The van der Waals surface area contributed by atoms with Crippen LogP contribution in [0.15, 0.2) is 39.7 Å². The van der Waals surface area contributed by atoms with Crippen LogP contribution >= 0.6 is 11.6 Å². The Bertz CT molecular complexity index is 1060. The zero-order chi connectivity index (χ0) is 21.6. The number of carbonyl (C=O) groups excluding carboxylic acids is 1. The Morgan fingerprint density at radius 1 is 1.28 bits per heavy atom. The van der Waals surface area contributed by atoms with Crippen LogP contribution in [0.2, 0.25) is 5.02 Å². The van der Waals surface area contributed by atoms with Gasteiger partial charge < -0.3 is 20.2 Å². The summed E-state index contributed by atoms with van der Waals surface area (Å²) in [6.07, 6.45) is 1.80. The van der Waals surface area contributed by atoms with Gasteiger partial charge in [-0.3, -0.25) is 14.2 Å². The number of aryl methyl sites for hydroxylation is 1. The van der Waals surface area contributed by atoms with E-state index in [1.165, 1.54) is 16.9 Å². The largest absolute Gasteiger partial charge is 0.463 e. The summed E-state index contributed by atoms with van der Waals surface area (Å²) >= 11 is 6.30. The lowest BCUT2D eigenvalue weighted by Crippen LogP contribution is -2.29. The van der Waals surface area contributed by atoms with Crippen molar-refractivity contribution in [1.29, 1.82) is 0 Å². The molecule has 7 nitrogen and oxygen atoms in total. The smallest absolute Gasteiger partial charge is 0.263 e. The first-order chi connectivity index (χ1) is 13.9. The van der Waals surface area contributed by atoms with Crippen LogP contribution in [0.25, 0.3) is 11.0 Å². The number of rotatable bonds is 6. The normalized spacial score (nSPS) is 10.4. The second-order valence-electron chi connectivity index (χ2n) is 6.19. The zero-order valence-electron chi connectivity index (χ0n) is 17.0. The van der Waals surface area contributed by atoms with Gasteiger partial charge in [0.15, 0.2) is 5.58 Å². The number of carbonyl (C=O) groups is 1. The van der Waals surface area contributed by atoms with E-state index in [4.69, 9.17) is 21.1 Å². The van der Waals surface area contributed by atoms with E-state index in [9.17, 15) is 9.59 Å². The van der Waals surface area contributed by atoms with E-state index >= 15 is 0 Å². The molecule has 0 atom stereocenters. The Labute approximate surface area is 174 Å². The molecule has 3 rings (SSSR count). The molecule has 0 unspecified atom stereocenters. The van der Waals surface area contributed by atoms with Gasteiger partial charge in [0.05, 0.1) is 22.4 Å². The highest BCUT2D eigenvalue weighted by atomic mass is 35.5. The van der Waals surface area contributed by atoms with E-state index in [0.717, 1.165) is 5.56 Å². The number of aromatic nitrogens is 1. The number of aliphatic hydroxyl groups is 1. The third kappa shape index (κ3) is 4.81. The predicted molar refractivity (Wildman–Crippen MR) is 116 cm³/mol. The number of aliphatic hydroxyl groups excluding tert-OH is 1. The lowest BCUT2D eigenvalue weighted by Gasteiger charge is -2.17. The van der Waals surface area contributed by atoms with Gasteiger partial charge in [-0.15, -0.1) is 0 Å². The monoisotopic (exact) mass is 419 g/mol. The molecule has 0 saturated heterocycles. The third-order valence-corrected chi connectivity index (χ3v) is 4.54. The molecule has 3 N–H and O–H groups in total. The summed E-state index contributed by atoms with van der Waals surface area (Å²) < 4.78 is 6.80. The molecule has 29 heavy (non-hydrogen) atoms. The standard InChI is InChI=1S/C19H20ClN3O4.C2H6/c1-11-4-5-14(13(20)10-11)22-17-15(18(25)21-7-3-8-24)16-12(6-9-27-16)19(26)23(17)2;1-2/h4-6,9-10,22,24H,3,7-8H2,1-2H3,(H,21,25);1-2H3. The van der Waals surface area contributed by atoms with Crippen molar-refractivity contribution >= 4 is 40.0 Å². The molecule has 0 aliphatic rings. The summed E-state index contributed by atoms with van der Waals surface area (Å²) in [4.78, 5) is 25.4. The lowest BCUT2D eigenvalue weighted by atomic mass is 10.1. The Hall–Kier alpha value is -2.77. The van der Waals surface area contributed by atoms with Gasteiger partial charge in [0.2, 0.25) is 0 Å². The molecule has 3 aromatic rings. The Morgan fingerprint density at radius 3 is 2.66 bits per heavy atom. The first-order valence-electron chi connectivity index (χ1n) is 9.46. The van der Waals surface area contributed by atoms with Crippen LogP contribution in [0, 0.1) is 6.92 Å². The SMILES string of the molecule is CC.Cc1ccc(Nc2c(C(=O)NCCCO)c3occc3c(=O)n2C)c(Cl)c1. The number of anilines is 2. The van der Waals surface area contributed by atoms with Gasteiger partial charge in [-0.05, 0) is 37.1 Å². The molecule has 2 aromatic heterocycles. The minimum atomic E-state index is -0.412. The van der Waals surface area contributed by atoms with Crippen molar-refractivity contribution in [3.63, 3.8) is 0 Å². The number of hydrogen-bond donors (Lipinski definition) is 3. The van der Waals surface area contributed by atoms with Crippen LogP contribution in [-0.2, 0) is 7.05 Å². The molecule has 0 fully saturated rings. The molecule has 8 heteroatoms. The van der Waals surface area contributed by atoms with Crippen LogP contribution in [0.3, 0.4) is 0 Å². The topological polar surface area (TPSA) is 96.5 Å². The highest BCUT2D eigenvalue weighted by Crippen LogP contribution is 2.30. The van der Waals surface area contributed by atoms with Crippen molar-refractivity contribution in [3.05, 3.63) is 57.0 Å². The van der Waals surface area contributed by atoms with E-state index in [1.807, 2.05) is 26.8 Å². The fourth-order valence-electron chi connectivity index (χ4n) is 2.80. The summed E-state index contributed by atoms with van der Waals surface area (Å²) in [6.45, 7) is 6.18. The summed E-state index contributed by atoms with van der Waals surface area (Å²) in [5.41, 5.74) is 1.66. The maximum absolute atomic E-state index is 12.8. The van der Waals surface area contributed by atoms with Crippen LogP contribution in [0.5, 0.6) is 0 Å². The van der Waals surface area contributed by atoms with Crippen molar-refractivity contribution in [2.75, 3.05) is 18.5 Å². The van der Waals surface area contributed by atoms with Gasteiger partial charge in [0.25, 0.3) is 11.5 Å². The van der Waals surface area contributed by atoms with Crippen molar-refractivity contribution in [3.8, 4) is 0 Å². The summed E-state index contributed by atoms with van der Waals surface area (Å²) in [5.74, 6) is -0.139. The number of benzene rings is 1. The molecule has 0 spiro atoms. The first-order valence-corrected chi connectivity index (χ1v) is 9.84. The second kappa shape index (κ2) is 10.1. The molecule has 0 saturated carbocycles. The van der Waals surface area contributed by atoms with E-state index < -0.39 is 5.91 Å². The molecule has 0 bridgehead atoms. The van der Waals surface area contributed by atoms with Gasteiger partial charge >= 0.3 is 0 Å². The number of nitrogens with one attached hydrogen (secondary N) is 2. The summed E-state index contributed by atoms with van der Waals surface area (Å²) in [6, 6.07) is 6.97. The minimum absolute atomic E-state index is 0.0339. The van der Waals surface area contributed by atoms with Gasteiger partial charge in [-0.2, -0.15) is 0 Å². The quantitative estimate of drug-likeness (QED) is 0.525. The summed E-state index contributed by atoms with van der Waals surface area (Å²) in [5, 5.41) is 15.5. The highest BCUT2D eigenvalue weighted by Gasteiger charge is 2.23. The average Bonchev–Trinajstić information content (AvgIpc) is 3.19. The maximum Gasteiger partial charge on any atom is 0.263 e. The molecule has 0 radical (unpaired) electrons. The molecular formula is C21H26ClN3O4. The number of furan rings is 1. The lowest BCUT2D eigenvalue weighted by molar-refractivity contribution is 0.0952. The fraction of sp³-hybridized carbons (Fsp3) is 0.333. The molecule has 1 aromatic carbocycles. The van der Waals surface area contributed by atoms with Gasteiger partial charge in [0.1, 0.15) is 11.4 Å². The predicted octanol–water partition coefficient (Wildman–Crippen LogP) is 3.98. The molecule has 0 aliphatic heterocycles. The van der Waals surface area contributed by atoms with Crippen LogP contribution < -0.4 is 16.2 Å². The number of fused-ring (bicyclic) bond motifs is 1. The van der Waals surface area contributed by atoms with Crippen LogP contribution in [0.1, 0.15) is 36.2 Å². The van der Waals surface area contributed by atoms with Gasteiger partial charge in [0, 0.05) is 20.2 Å². The van der Waals surface area contributed by atoms with Gasteiger partial charge in [-0.1, -0.05) is 31.5 Å². The van der Waals surface area contributed by atoms with Crippen LogP contribution in [-0.4, -0.2) is 28.7 Å². The van der Waals surface area contributed by atoms with E-state index in [-0.39, 0.29) is 29.1 Å². The van der Waals surface area contributed by atoms with Crippen molar-refractivity contribution in [2.24, 2.45) is 7.05 Å². The number of halogens is 1. The molecule has 1 amide bonds. The van der Waals surface area contributed by atoms with E-state index in [2.05, 4.69) is 10.6 Å². The second-order valence-corrected chi connectivity index (χ2v) is 6.60. The average molecular weight is 420 g/mol. The minimum Gasteiger partial charge on any atom is -0.463 e. The number of hydrogen-bond acceptors (Lipinski definition) is 5. The van der Waals surface area contributed by atoms with Crippen LogP contribution in [0.4, 0.5) is 11.5 Å². The van der Waals surface area contributed by atoms with E-state index in [0.29, 0.717) is 29.1 Å². The van der Waals surface area contributed by atoms with Crippen molar-refractivity contribution in [1.82, 2.24) is 9.88 Å². The number of amides is 1. The maximum atomic E-state index is 12.8. The molecule has 2 heterocycles. The van der Waals surface area contributed by atoms with Gasteiger partial charge in [-0.25, -0.2) is 0 Å². The van der Waals surface area contributed by atoms with Crippen molar-refractivity contribution in [2.45, 2.75) is 27.2 Å². The molecule has 0 aliphatic carbocycles.